The minimum absolute atomic E-state index is 0.139. The molecule has 3 unspecified atom stereocenters. The van der Waals surface area contributed by atoms with Crippen LogP contribution >= 0.6 is 0 Å². The van der Waals surface area contributed by atoms with E-state index >= 15 is 0 Å². The van der Waals surface area contributed by atoms with E-state index < -0.39 is 18.2 Å². The Morgan fingerprint density at radius 1 is 0.420 bits per heavy atom. The fourth-order valence-electron chi connectivity index (χ4n) is 7.40. The van der Waals surface area contributed by atoms with E-state index in [1.54, 1.807) is 0 Å². The van der Waals surface area contributed by atoms with Crippen molar-refractivity contribution in [3.05, 3.63) is 0 Å². The molecule has 0 aromatic heterocycles. The van der Waals surface area contributed by atoms with Crippen molar-refractivity contribution in [1.29, 1.82) is 0 Å². The average Bonchev–Trinajstić information content (AvgIpc) is 3.12. The van der Waals surface area contributed by atoms with E-state index in [4.69, 9.17) is 0 Å². The predicted octanol–water partition coefficient (Wildman–Crippen LogP) is 13.0. The van der Waals surface area contributed by atoms with Crippen LogP contribution in [0.1, 0.15) is 258 Å². The first-order valence-corrected chi connectivity index (χ1v) is 22.8. The predicted molar refractivity (Wildman–Crippen MR) is 218 cm³/mol. The first kappa shape index (κ1) is 49.4. The Morgan fingerprint density at radius 2 is 0.680 bits per heavy atom. The van der Waals surface area contributed by atoms with Gasteiger partial charge >= 0.3 is 0 Å². The number of nitrogens with one attached hydrogen (secondary N) is 1. The summed E-state index contributed by atoms with van der Waals surface area (Å²) in [6.07, 6.45) is 46.4. The van der Waals surface area contributed by atoms with Crippen molar-refractivity contribution < 1.29 is 20.1 Å². The Kier molecular flexibility index (Phi) is 40.6. The number of amides is 1. The van der Waals surface area contributed by atoms with E-state index in [1.165, 1.54) is 199 Å². The van der Waals surface area contributed by atoms with Crippen molar-refractivity contribution in [2.75, 3.05) is 6.61 Å². The maximum atomic E-state index is 12.4. The zero-order valence-corrected chi connectivity index (χ0v) is 34.1. The van der Waals surface area contributed by atoms with Gasteiger partial charge in [-0.05, 0) is 12.8 Å². The van der Waals surface area contributed by atoms with E-state index in [1.807, 2.05) is 0 Å². The highest BCUT2D eigenvalue weighted by atomic mass is 16.3. The number of unbranched alkanes of at least 4 members (excludes halogenated alkanes) is 34. The van der Waals surface area contributed by atoms with Crippen molar-refractivity contribution >= 4 is 5.91 Å². The summed E-state index contributed by atoms with van der Waals surface area (Å²) in [5.41, 5.74) is 0. The maximum absolute atomic E-state index is 12.4. The second-order valence-electron chi connectivity index (χ2n) is 16.0. The molecule has 0 heterocycles. The fraction of sp³-hybridized carbons (Fsp3) is 0.978. The number of hydrogen-bond donors (Lipinski definition) is 4. The van der Waals surface area contributed by atoms with Gasteiger partial charge in [-0.2, -0.15) is 0 Å². The number of hydrogen-bond acceptors (Lipinski definition) is 4. The standard InChI is InChI=1S/C45H91NO4/c1-3-5-7-9-11-13-15-17-19-21-22-24-26-28-30-32-34-36-38-40-44(49)46-42(41-47)45(50)43(48)39-37-35-33-31-29-27-25-23-20-18-16-14-12-10-8-6-4-2/h42-43,45,47-48,50H,3-41H2,1-2H3,(H,46,49). The molecule has 0 rings (SSSR count). The van der Waals surface area contributed by atoms with Gasteiger partial charge in [0.1, 0.15) is 6.10 Å². The van der Waals surface area contributed by atoms with Crippen LogP contribution in [-0.4, -0.2) is 46.1 Å². The maximum Gasteiger partial charge on any atom is 0.220 e. The molecule has 0 aromatic carbocycles. The van der Waals surface area contributed by atoms with Gasteiger partial charge in [0.05, 0.1) is 18.8 Å². The van der Waals surface area contributed by atoms with E-state index in [9.17, 15) is 20.1 Å². The Bertz CT molecular complexity index is 659. The Balaban J connectivity index is 3.57. The Morgan fingerprint density at radius 3 is 0.960 bits per heavy atom. The fourth-order valence-corrected chi connectivity index (χ4v) is 7.40. The molecule has 0 aliphatic rings. The topological polar surface area (TPSA) is 89.8 Å². The summed E-state index contributed by atoms with van der Waals surface area (Å²) in [7, 11) is 0. The number of carbonyl (C=O) groups excluding carboxylic acids is 1. The van der Waals surface area contributed by atoms with Crippen LogP contribution in [0, 0.1) is 0 Å². The molecule has 5 nitrogen and oxygen atoms in total. The highest BCUT2D eigenvalue weighted by Gasteiger charge is 2.26. The molecule has 3 atom stereocenters. The third-order valence-corrected chi connectivity index (χ3v) is 11.0. The molecule has 5 heteroatoms. The van der Waals surface area contributed by atoms with Crippen molar-refractivity contribution in [1.82, 2.24) is 5.32 Å². The lowest BCUT2D eigenvalue weighted by Gasteiger charge is -2.26. The quantitative estimate of drug-likeness (QED) is 0.0475. The third-order valence-electron chi connectivity index (χ3n) is 11.0. The van der Waals surface area contributed by atoms with E-state index in [-0.39, 0.29) is 12.5 Å². The zero-order valence-electron chi connectivity index (χ0n) is 34.1. The number of carbonyl (C=O) groups is 1. The molecular formula is C45H91NO4. The van der Waals surface area contributed by atoms with Crippen LogP contribution < -0.4 is 5.32 Å². The van der Waals surface area contributed by atoms with E-state index in [0.717, 1.165) is 32.1 Å². The second-order valence-corrected chi connectivity index (χ2v) is 16.0. The van der Waals surface area contributed by atoms with Gasteiger partial charge in [0.15, 0.2) is 0 Å². The molecule has 1 amide bonds. The van der Waals surface area contributed by atoms with Gasteiger partial charge in [-0.3, -0.25) is 4.79 Å². The molecule has 0 saturated heterocycles. The van der Waals surface area contributed by atoms with Gasteiger partial charge in [0, 0.05) is 6.42 Å². The van der Waals surface area contributed by atoms with Crippen LogP contribution in [0.5, 0.6) is 0 Å². The highest BCUT2D eigenvalue weighted by molar-refractivity contribution is 5.76. The Hall–Kier alpha value is -0.650. The molecule has 0 radical (unpaired) electrons. The number of aliphatic hydroxyl groups is 3. The Labute approximate surface area is 313 Å². The van der Waals surface area contributed by atoms with Gasteiger partial charge in [-0.15, -0.1) is 0 Å². The average molecular weight is 710 g/mol. The summed E-state index contributed by atoms with van der Waals surface area (Å²) in [6, 6.07) is -0.802. The highest BCUT2D eigenvalue weighted by Crippen LogP contribution is 2.17. The van der Waals surface area contributed by atoms with Crippen molar-refractivity contribution in [2.45, 2.75) is 276 Å². The molecule has 0 aliphatic carbocycles. The van der Waals surface area contributed by atoms with Gasteiger partial charge in [-0.25, -0.2) is 0 Å². The lowest BCUT2D eigenvalue weighted by molar-refractivity contribution is -0.124. The first-order chi connectivity index (χ1) is 24.6. The molecule has 0 fully saturated rings. The molecule has 4 N–H and O–H groups in total. The van der Waals surface area contributed by atoms with E-state index in [2.05, 4.69) is 19.2 Å². The molecule has 0 saturated carbocycles. The summed E-state index contributed by atoms with van der Waals surface area (Å²) in [5.74, 6) is -0.139. The van der Waals surface area contributed by atoms with Gasteiger partial charge in [0.2, 0.25) is 5.91 Å². The van der Waals surface area contributed by atoms with Crippen LogP contribution in [0.3, 0.4) is 0 Å². The van der Waals surface area contributed by atoms with Crippen molar-refractivity contribution in [2.24, 2.45) is 0 Å². The number of rotatable bonds is 42. The molecule has 0 bridgehead atoms. The van der Waals surface area contributed by atoms with E-state index in [0.29, 0.717) is 12.8 Å². The smallest absolute Gasteiger partial charge is 0.220 e. The second kappa shape index (κ2) is 41.1. The molecular weight excluding hydrogens is 618 g/mol. The van der Waals surface area contributed by atoms with Gasteiger partial charge in [0.25, 0.3) is 0 Å². The summed E-state index contributed by atoms with van der Waals surface area (Å²) >= 11 is 0. The van der Waals surface area contributed by atoms with Crippen LogP contribution in [-0.2, 0) is 4.79 Å². The number of aliphatic hydroxyl groups excluding tert-OH is 3. The lowest BCUT2D eigenvalue weighted by Crippen LogP contribution is -2.50. The third kappa shape index (κ3) is 35.7. The molecule has 0 spiro atoms. The van der Waals surface area contributed by atoms with Crippen molar-refractivity contribution in [3.63, 3.8) is 0 Å². The SMILES string of the molecule is CCCCCCCCCCCCCCCCCCCCCC(=O)NC(CO)C(O)C(O)CCCCCCCCCCCCCCCCCCC. The molecule has 50 heavy (non-hydrogen) atoms. The van der Waals surface area contributed by atoms with Crippen LogP contribution in [0.4, 0.5) is 0 Å². The summed E-state index contributed by atoms with van der Waals surface area (Å²) in [5, 5.41) is 33.6. The minimum Gasteiger partial charge on any atom is -0.394 e. The zero-order chi connectivity index (χ0) is 36.6. The summed E-state index contributed by atoms with van der Waals surface area (Å²) < 4.78 is 0. The summed E-state index contributed by atoms with van der Waals surface area (Å²) in [6.45, 7) is 4.20. The minimum atomic E-state index is -1.13. The van der Waals surface area contributed by atoms with Crippen molar-refractivity contribution in [3.8, 4) is 0 Å². The molecule has 300 valence electrons. The first-order valence-electron chi connectivity index (χ1n) is 22.8. The van der Waals surface area contributed by atoms with Crippen LogP contribution in [0.2, 0.25) is 0 Å². The normalized spacial score (nSPS) is 13.5. The monoisotopic (exact) mass is 710 g/mol. The molecule has 0 aliphatic heterocycles. The van der Waals surface area contributed by atoms with Crippen LogP contribution in [0.25, 0.3) is 0 Å². The van der Waals surface area contributed by atoms with Gasteiger partial charge < -0.3 is 20.6 Å². The van der Waals surface area contributed by atoms with Gasteiger partial charge in [-0.1, -0.05) is 239 Å². The lowest BCUT2D eigenvalue weighted by atomic mass is 9.99. The largest absolute Gasteiger partial charge is 0.394 e. The summed E-state index contributed by atoms with van der Waals surface area (Å²) in [4.78, 5) is 12.4. The molecule has 0 aromatic rings. The van der Waals surface area contributed by atoms with Crippen LogP contribution in [0.15, 0.2) is 0 Å².